The van der Waals surface area contributed by atoms with Crippen LogP contribution in [0.3, 0.4) is 0 Å². The number of carbonyl (C=O) groups excluding carboxylic acids is 1. The van der Waals surface area contributed by atoms with Crippen molar-refractivity contribution in [3.8, 4) is 0 Å². The predicted molar refractivity (Wildman–Crippen MR) is 91.6 cm³/mol. The van der Waals surface area contributed by atoms with Gasteiger partial charge < -0.3 is 9.73 Å². The highest BCUT2D eigenvalue weighted by Crippen LogP contribution is 2.19. The zero-order chi connectivity index (χ0) is 18.7. The monoisotopic (exact) mass is 356 g/mol. The lowest BCUT2D eigenvalue weighted by atomic mass is 10.1. The van der Waals surface area contributed by atoms with Gasteiger partial charge in [0, 0.05) is 18.7 Å². The maximum Gasteiger partial charge on any atom is 0.344 e. The number of hydrogen-bond acceptors (Lipinski definition) is 5. The molecular formula is C18H13FN2O5. The number of benzene rings is 2. The average Bonchev–Trinajstić information content (AvgIpc) is 2.61. The summed E-state index contributed by atoms with van der Waals surface area (Å²) in [5.74, 6) is -1.25. The molecule has 0 radical (unpaired) electrons. The van der Waals surface area contributed by atoms with Crippen LogP contribution < -0.4 is 10.9 Å². The number of nitrogens with zero attached hydrogens (tertiary/aromatic N) is 1. The van der Waals surface area contributed by atoms with Gasteiger partial charge in [0.05, 0.1) is 10.3 Å². The van der Waals surface area contributed by atoms with Gasteiger partial charge in [0.1, 0.15) is 5.82 Å². The number of carbonyl (C=O) groups is 1. The van der Waals surface area contributed by atoms with Crippen molar-refractivity contribution in [3.05, 3.63) is 86.2 Å². The molecule has 0 aliphatic heterocycles. The number of halogens is 1. The van der Waals surface area contributed by atoms with Crippen LogP contribution in [0.25, 0.3) is 10.8 Å². The molecule has 2 aromatic carbocycles. The van der Waals surface area contributed by atoms with Crippen LogP contribution in [0.15, 0.2) is 57.7 Å². The Kier molecular flexibility index (Phi) is 4.74. The van der Waals surface area contributed by atoms with Crippen molar-refractivity contribution >= 4 is 22.4 Å². The van der Waals surface area contributed by atoms with Gasteiger partial charge in [-0.05, 0) is 41.6 Å². The van der Waals surface area contributed by atoms with Crippen molar-refractivity contribution in [2.45, 2.75) is 6.42 Å². The molecular weight excluding hydrogens is 343 g/mol. The van der Waals surface area contributed by atoms with Crippen molar-refractivity contribution in [2.24, 2.45) is 0 Å². The Morgan fingerprint density at radius 2 is 2.00 bits per heavy atom. The Morgan fingerprint density at radius 3 is 2.73 bits per heavy atom. The minimum absolute atomic E-state index is 0.145. The number of nitrogens with one attached hydrogen (secondary N) is 1. The Bertz CT molecular complexity index is 1060. The summed E-state index contributed by atoms with van der Waals surface area (Å²) in [6, 6.07) is 10.9. The van der Waals surface area contributed by atoms with E-state index in [1.54, 1.807) is 12.1 Å². The number of hydrogen-bond donors (Lipinski definition) is 1. The molecule has 0 atom stereocenters. The van der Waals surface area contributed by atoms with E-state index in [0.717, 1.165) is 0 Å². The van der Waals surface area contributed by atoms with Crippen LogP contribution in [0.2, 0.25) is 0 Å². The number of non-ortho nitro benzene ring substituents is 1. The van der Waals surface area contributed by atoms with E-state index in [-0.39, 0.29) is 34.6 Å². The van der Waals surface area contributed by atoms with Crippen molar-refractivity contribution in [2.75, 3.05) is 6.54 Å². The fourth-order valence-electron chi connectivity index (χ4n) is 2.51. The molecule has 0 unspecified atom stereocenters. The van der Waals surface area contributed by atoms with Gasteiger partial charge in [-0.1, -0.05) is 12.1 Å². The van der Waals surface area contributed by atoms with Gasteiger partial charge in [-0.25, -0.2) is 9.18 Å². The highest BCUT2D eigenvalue weighted by molar-refractivity contribution is 5.95. The first-order valence-electron chi connectivity index (χ1n) is 7.69. The third-order valence-electron chi connectivity index (χ3n) is 3.77. The Labute approximate surface area is 146 Å². The fourth-order valence-corrected chi connectivity index (χ4v) is 2.51. The molecule has 1 N–H and O–H groups in total. The van der Waals surface area contributed by atoms with Crippen molar-refractivity contribution in [3.63, 3.8) is 0 Å². The maximum atomic E-state index is 13.1. The highest BCUT2D eigenvalue weighted by atomic mass is 19.1. The van der Waals surface area contributed by atoms with Crippen LogP contribution in [-0.2, 0) is 6.42 Å². The van der Waals surface area contributed by atoms with Gasteiger partial charge in [0.15, 0.2) is 5.76 Å². The zero-order valence-corrected chi connectivity index (χ0v) is 13.4. The van der Waals surface area contributed by atoms with Gasteiger partial charge in [-0.2, -0.15) is 0 Å². The van der Waals surface area contributed by atoms with Gasteiger partial charge in [0.25, 0.3) is 11.6 Å². The van der Waals surface area contributed by atoms with Crippen molar-refractivity contribution in [1.29, 1.82) is 0 Å². The second kappa shape index (κ2) is 7.14. The third-order valence-corrected chi connectivity index (χ3v) is 3.77. The first-order valence-corrected chi connectivity index (χ1v) is 7.69. The van der Waals surface area contributed by atoms with E-state index in [0.29, 0.717) is 12.0 Å². The molecule has 1 amide bonds. The summed E-state index contributed by atoms with van der Waals surface area (Å²) >= 11 is 0. The van der Waals surface area contributed by atoms with E-state index in [2.05, 4.69) is 5.32 Å². The Balaban J connectivity index is 1.77. The number of rotatable bonds is 5. The number of fused-ring (bicyclic) bond motifs is 1. The molecule has 0 saturated carbocycles. The highest BCUT2D eigenvalue weighted by Gasteiger charge is 2.14. The summed E-state index contributed by atoms with van der Waals surface area (Å²) < 4.78 is 18.1. The Hall–Kier alpha value is -3.55. The van der Waals surface area contributed by atoms with Crippen molar-refractivity contribution in [1.82, 2.24) is 5.32 Å². The van der Waals surface area contributed by atoms with E-state index in [1.807, 2.05) is 0 Å². The fraction of sp³-hybridized carbons (Fsp3) is 0.111. The molecule has 0 spiro atoms. The summed E-state index contributed by atoms with van der Waals surface area (Å²) in [6.45, 7) is 0.207. The van der Waals surface area contributed by atoms with Gasteiger partial charge in [0.2, 0.25) is 0 Å². The number of nitro benzene ring substituents is 1. The zero-order valence-electron chi connectivity index (χ0n) is 13.4. The molecule has 132 valence electrons. The standard InChI is InChI=1S/C18H13FN2O5/c19-13-3-1-2-11(8-13)6-7-20-17(22)16-10-12-9-14(21(24)25)4-5-15(12)18(23)26-16/h1-5,8-10H,6-7H2,(H,20,22). The van der Waals surface area contributed by atoms with Crippen LogP contribution in [-0.4, -0.2) is 17.4 Å². The van der Waals surface area contributed by atoms with Gasteiger partial charge in [-0.3, -0.25) is 14.9 Å². The Morgan fingerprint density at radius 1 is 1.19 bits per heavy atom. The van der Waals surface area contributed by atoms with E-state index >= 15 is 0 Å². The summed E-state index contributed by atoms with van der Waals surface area (Å²) in [7, 11) is 0. The molecule has 0 fully saturated rings. The molecule has 26 heavy (non-hydrogen) atoms. The minimum atomic E-state index is -0.757. The largest absolute Gasteiger partial charge is 0.417 e. The summed E-state index contributed by atoms with van der Waals surface area (Å²) in [5, 5.41) is 13.8. The second-order valence-electron chi connectivity index (χ2n) is 5.56. The molecule has 1 aromatic heterocycles. The normalized spacial score (nSPS) is 10.7. The lowest BCUT2D eigenvalue weighted by Gasteiger charge is -2.05. The molecule has 0 saturated heterocycles. The SMILES string of the molecule is O=C(NCCc1cccc(F)c1)c1cc2cc([N+](=O)[O-])ccc2c(=O)o1. The minimum Gasteiger partial charge on any atom is -0.417 e. The summed E-state index contributed by atoms with van der Waals surface area (Å²) in [4.78, 5) is 34.4. The van der Waals surface area contributed by atoms with Gasteiger partial charge >= 0.3 is 5.63 Å². The van der Waals surface area contributed by atoms with Crippen LogP contribution >= 0.6 is 0 Å². The molecule has 0 aliphatic rings. The van der Waals surface area contributed by atoms with E-state index in [4.69, 9.17) is 4.42 Å². The topological polar surface area (TPSA) is 102 Å². The number of amides is 1. The quantitative estimate of drug-likeness (QED) is 0.559. The molecule has 0 aliphatic carbocycles. The van der Waals surface area contributed by atoms with E-state index in [9.17, 15) is 24.1 Å². The van der Waals surface area contributed by atoms with E-state index in [1.165, 1.54) is 36.4 Å². The average molecular weight is 356 g/mol. The third kappa shape index (κ3) is 3.75. The molecule has 3 rings (SSSR count). The predicted octanol–water partition coefficient (Wildman–Crippen LogP) is 2.81. The lowest BCUT2D eigenvalue weighted by molar-refractivity contribution is -0.384. The van der Waals surface area contributed by atoms with Crippen molar-refractivity contribution < 1.29 is 18.5 Å². The maximum absolute atomic E-state index is 13.1. The first-order chi connectivity index (χ1) is 12.4. The van der Waals surface area contributed by atoms with Gasteiger partial charge in [-0.15, -0.1) is 0 Å². The van der Waals surface area contributed by atoms with Crippen LogP contribution in [0.1, 0.15) is 16.1 Å². The lowest BCUT2D eigenvalue weighted by Crippen LogP contribution is -2.26. The van der Waals surface area contributed by atoms with E-state index < -0.39 is 16.5 Å². The molecule has 3 aromatic rings. The molecule has 8 heteroatoms. The van der Waals surface area contributed by atoms with Crippen LogP contribution in [0, 0.1) is 15.9 Å². The number of nitro groups is 1. The molecule has 1 heterocycles. The van der Waals surface area contributed by atoms with Crippen LogP contribution in [0.4, 0.5) is 10.1 Å². The first kappa shape index (κ1) is 17.3. The summed E-state index contributed by atoms with van der Waals surface area (Å²) in [6.07, 6.45) is 0.396. The smallest absolute Gasteiger partial charge is 0.344 e. The summed E-state index contributed by atoms with van der Waals surface area (Å²) in [5.41, 5.74) is -0.242. The second-order valence-corrected chi connectivity index (χ2v) is 5.56. The molecule has 0 bridgehead atoms. The molecule has 7 nitrogen and oxygen atoms in total. The van der Waals surface area contributed by atoms with Crippen LogP contribution in [0.5, 0.6) is 0 Å².